The number of piperidine rings is 1. The number of anilines is 1. The van der Waals surface area contributed by atoms with Gasteiger partial charge >= 0.3 is 0 Å². The summed E-state index contributed by atoms with van der Waals surface area (Å²) in [6, 6.07) is 9.88. The molecule has 62 heavy (non-hydrogen) atoms. The SMILES string of the molecule is COc1cc(-c2cn(C)c(=O)c3cnccc23)cc(OC)c1CN1CC(C(=O)NCCCCCCCCNc2cccc3c2C(=O)N(C2CCC(=O)N(C)C2=O)C3=O)C1.O=CO. The van der Waals surface area contributed by atoms with Gasteiger partial charge < -0.3 is 29.8 Å². The fourth-order valence-electron chi connectivity index (χ4n) is 8.33. The summed E-state index contributed by atoms with van der Waals surface area (Å²) >= 11 is 0. The zero-order valence-electron chi connectivity index (χ0n) is 35.5. The normalized spacial score (nSPS) is 16.4. The highest BCUT2D eigenvalue weighted by molar-refractivity contribution is 6.25. The second-order valence-electron chi connectivity index (χ2n) is 15.6. The second-order valence-corrected chi connectivity index (χ2v) is 15.6. The first-order valence-electron chi connectivity index (χ1n) is 20.8. The number of carboxylic acid groups (broad SMARTS) is 1. The minimum Gasteiger partial charge on any atom is -0.496 e. The number of amides is 5. The van der Waals surface area contributed by atoms with E-state index in [1.54, 1.807) is 56.4 Å². The van der Waals surface area contributed by atoms with Crippen LogP contribution in [0.15, 0.2) is 59.8 Å². The number of fused-ring (bicyclic) bond motifs is 2. The first kappa shape index (κ1) is 44.9. The molecule has 0 bridgehead atoms. The van der Waals surface area contributed by atoms with E-state index in [0.29, 0.717) is 55.3 Å². The summed E-state index contributed by atoms with van der Waals surface area (Å²) in [5.74, 6) is -0.531. The van der Waals surface area contributed by atoms with E-state index in [9.17, 15) is 28.8 Å². The van der Waals surface area contributed by atoms with Crippen LogP contribution in [0.5, 0.6) is 11.5 Å². The van der Waals surface area contributed by atoms with Crippen LogP contribution < -0.4 is 25.7 Å². The Morgan fingerprint density at radius 1 is 0.887 bits per heavy atom. The number of methoxy groups -OCH3 is 2. The molecule has 0 radical (unpaired) electrons. The number of pyridine rings is 2. The maximum atomic E-state index is 13.4. The molecule has 3 aliphatic rings. The molecule has 4 aromatic rings. The molecule has 2 aromatic carbocycles. The zero-order chi connectivity index (χ0) is 44.5. The summed E-state index contributed by atoms with van der Waals surface area (Å²) in [7, 11) is 6.36. The summed E-state index contributed by atoms with van der Waals surface area (Å²) < 4.78 is 13.2. The van der Waals surface area contributed by atoms with Crippen molar-refractivity contribution in [3.63, 3.8) is 0 Å². The van der Waals surface area contributed by atoms with Gasteiger partial charge in [0, 0.05) is 83.1 Å². The highest BCUT2D eigenvalue weighted by Gasteiger charge is 2.47. The van der Waals surface area contributed by atoms with Gasteiger partial charge in [-0.3, -0.25) is 53.2 Å². The van der Waals surface area contributed by atoms with Crippen molar-refractivity contribution in [2.24, 2.45) is 13.0 Å². The molecule has 328 valence electrons. The Kier molecular flexibility index (Phi) is 14.7. The largest absolute Gasteiger partial charge is 0.496 e. The quantitative estimate of drug-likeness (QED) is 0.0779. The standard InChI is InChI=1S/C44H51N7O8.CH2O2/c1-48-25-32(29-16-19-45-22-31(29)41(48)54)27-20-36(58-3)33(37(21-27)59-4)26-50-23-28(24-50)40(53)47-18-10-8-6-5-7-9-17-46-34-13-11-12-30-39(34)44(57)51(42(30)55)35-14-15-38(52)49(2)43(35)56;2-1-3/h11-13,16,19-22,25,28,35,46H,5-10,14-15,17-18,23-24,26H2,1-4H3,(H,47,53);1H,(H,2,3). The van der Waals surface area contributed by atoms with Gasteiger partial charge in [-0.25, -0.2) is 0 Å². The monoisotopic (exact) mass is 851 g/mol. The average Bonchev–Trinajstić information content (AvgIpc) is 3.51. The van der Waals surface area contributed by atoms with E-state index in [4.69, 9.17) is 19.4 Å². The number of nitrogens with zero attached hydrogens (tertiary/aromatic N) is 5. The van der Waals surface area contributed by atoms with E-state index in [1.165, 1.54) is 7.05 Å². The molecule has 17 heteroatoms. The average molecular weight is 852 g/mol. The Morgan fingerprint density at radius 3 is 2.23 bits per heavy atom. The molecule has 2 fully saturated rings. The second kappa shape index (κ2) is 20.3. The smallest absolute Gasteiger partial charge is 0.290 e. The summed E-state index contributed by atoms with van der Waals surface area (Å²) in [5, 5.41) is 14.6. The molecule has 0 aliphatic carbocycles. The van der Waals surface area contributed by atoms with Gasteiger partial charge in [-0.2, -0.15) is 0 Å². The molecule has 3 N–H and O–H groups in total. The number of hydrogen-bond acceptors (Lipinski definition) is 12. The van der Waals surface area contributed by atoms with Gasteiger partial charge in [-0.05, 0) is 60.5 Å². The summed E-state index contributed by atoms with van der Waals surface area (Å²) in [5.41, 5.74) is 3.62. The van der Waals surface area contributed by atoms with Gasteiger partial charge in [0.05, 0.1) is 42.2 Å². The van der Waals surface area contributed by atoms with E-state index < -0.39 is 23.8 Å². The molecule has 3 aliphatic heterocycles. The molecular formula is C45H53N7O10. The van der Waals surface area contributed by atoms with Crippen LogP contribution in [-0.2, 0) is 32.8 Å². The third kappa shape index (κ3) is 9.47. The Labute approximate surface area is 359 Å². The number of aromatic nitrogens is 2. The fraction of sp³-hybridized carbons (Fsp3) is 0.422. The number of likely N-dealkylation sites (N-methyl/N-ethyl adjacent to an activating group) is 1. The van der Waals surface area contributed by atoms with Crippen LogP contribution in [0.25, 0.3) is 21.9 Å². The van der Waals surface area contributed by atoms with Gasteiger partial charge in [0.15, 0.2) is 0 Å². The molecule has 7 rings (SSSR count). The first-order valence-corrected chi connectivity index (χ1v) is 20.8. The number of hydrogen-bond donors (Lipinski definition) is 3. The molecule has 5 heterocycles. The van der Waals surface area contributed by atoms with Crippen LogP contribution in [-0.4, -0.2) is 119 Å². The molecular weight excluding hydrogens is 799 g/mol. The molecule has 17 nitrogen and oxygen atoms in total. The molecule has 2 saturated heterocycles. The highest BCUT2D eigenvalue weighted by Crippen LogP contribution is 2.39. The number of aryl methyl sites for hydroxylation is 1. The van der Waals surface area contributed by atoms with E-state index in [2.05, 4.69) is 20.5 Å². The maximum Gasteiger partial charge on any atom is 0.290 e. The Hall–Kier alpha value is -6.62. The number of carbonyl (C=O) groups excluding carboxylic acids is 5. The number of imide groups is 2. The predicted molar refractivity (Wildman–Crippen MR) is 230 cm³/mol. The van der Waals surface area contributed by atoms with E-state index in [-0.39, 0.29) is 53.7 Å². The number of rotatable bonds is 17. The van der Waals surface area contributed by atoms with Crippen LogP contribution in [0.3, 0.4) is 0 Å². The third-order valence-corrected chi connectivity index (χ3v) is 11.7. The fourth-order valence-corrected chi connectivity index (χ4v) is 8.33. The van der Waals surface area contributed by atoms with Crippen LogP contribution in [0, 0.1) is 5.92 Å². The van der Waals surface area contributed by atoms with Crippen molar-refractivity contribution in [3.8, 4) is 22.6 Å². The van der Waals surface area contributed by atoms with E-state index in [1.807, 2.05) is 24.4 Å². The predicted octanol–water partition coefficient (Wildman–Crippen LogP) is 4.06. The van der Waals surface area contributed by atoms with Gasteiger partial charge in [0.2, 0.25) is 11.8 Å². The van der Waals surface area contributed by atoms with Crippen molar-refractivity contribution < 1.29 is 43.3 Å². The molecule has 2 aromatic heterocycles. The van der Waals surface area contributed by atoms with Gasteiger partial charge in [-0.1, -0.05) is 31.7 Å². The summed E-state index contributed by atoms with van der Waals surface area (Å²) in [6.07, 6.45) is 11.2. The van der Waals surface area contributed by atoms with Crippen molar-refractivity contribution in [3.05, 3.63) is 82.0 Å². The van der Waals surface area contributed by atoms with Crippen LogP contribution in [0.4, 0.5) is 5.69 Å². The highest BCUT2D eigenvalue weighted by atomic mass is 16.5. The molecule has 5 amide bonds. The molecule has 0 spiro atoms. The number of unbranched alkanes of at least 4 members (excludes halogenated alkanes) is 5. The molecule has 1 unspecified atom stereocenters. The van der Waals surface area contributed by atoms with Crippen molar-refractivity contribution in [2.75, 3.05) is 52.8 Å². The Balaban J connectivity index is 0.00000208. The minimum atomic E-state index is -0.978. The van der Waals surface area contributed by atoms with Crippen LogP contribution in [0.1, 0.15) is 77.6 Å². The third-order valence-electron chi connectivity index (χ3n) is 11.7. The Morgan fingerprint density at radius 2 is 1.55 bits per heavy atom. The van der Waals surface area contributed by atoms with E-state index in [0.717, 1.165) is 70.4 Å². The van der Waals surface area contributed by atoms with Crippen LogP contribution in [0.2, 0.25) is 0 Å². The number of benzene rings is 2. The lowest BCUT2D eigenvalue weighted by molar-refractivity contribution is -0.149. The lowest BCUT2D eigenvalue weighted by atomic mass is 9.96. The van der Waals surface area contributed by atoms with Gasteiger partial charge in [0.25, 0.3) is 29.8 Å². The first-order chi connectivity index (χ1) is 29.9. The molecule has 1 atom stereocenters. The van der Waals surface area contributed by atoms with Crippen molar-refractivity contribution in [1.82, 2.24) is 29.6 Å². The number of likely N-dealkylation sites (tertiary alicyclic amines) is 2. The van der Waals surface area contributed by atoms with Crippen molar-refractivity contribution in [2.45, 2.75) is 64.0 Å². The maximum absolute atomic E-state index is 13.4. The summed E-state index contributed by atoms with van der Waals surface area (Å²) in [6.45, 7) is 2.86. The summed E-state index contributed by atoms with van der Waals surface area (Å²) in [4.78, 5) is 93.6. The number of carbonyl (C=O) groups is 6. The Bertz CT molecular complexity index is 2390. The van der Waals surface area contributed by atoms with Gasteiger partial charge in [0.1, 0.15) is 17.5 Å². The number of ether oxygens (including phenoxy) is 2. The van der Waals surface area contributed by atoms with E-state index >= 15 is 0 Å². The van der Waals surface area contributed by atoms with Crippen LogP contribution >= 0.6 is 0 Å². The van der Waals surface area contributed by atoms with Gasteiger partial charge in [-0.15, -0.1) is 0 Å². The number of nitrogens with one attached hydrogen (secondary N) is 2. The topological polar surface area (TPSA) is 210 Å². The van der Waals surface area contributed by atoms with Crippen molar-refractivity contribution >= 4 is 52.5 Å². The lowest BCUT2D eigenvalue weighted by Gasteiger charge is -2.38. The molecule has 0 saturated carbocycles. The zero-order valence-corrected chi connectivity index (χ0v) is 35.5. The lowest BCUT2D eigenvalue weighted by Crippen LogP contribution is -2.54. The minimum absolute atomic E-state index is 0.0705. The van der Waals surface area contributed by atoms with Crippen molar-refractivity contribution in [1.29, 1.82) is 0 Å².